The summed E-state index contributed by atoms with van der Waals surface area (Å²) in [6, 6.07) is 8.46. The van der Waals surface area contributed by atoms with Gasteiger partial charge in [-0.05, 0) is 24.3 Å². The number of esters is 1. The first kappa shape index (κ1) is 12.4. The normalized spacial score (nSPS) is 10.1. The second-order valence-corrected chi connectivity index (χ2v) is 4.40. The van der Waals surface area contributed by atoms with Crippen LogP contribution in [-0.4, -0.2) is 28.2 Å². The van der Waals surface area contributed by atoms with E-state index in [0.717, 1.165) is 4.90 Å². The lowest BCUT2D eigenvalue weighted by Crippen LogP contribution is -2.07. The number of carbonyl (C=O) groups excluding carboxylic acids is 1. The van der Waals surface area contributed by atoms with Crippen LogP contribution in [0.4, 0.5) is 0 Å². The molecule has 1 aromatic carbocycles. The van der Waals surface area contributed by atoms with Crippen molar-refractivity contribution in [3.05, 3.63) is 42.4 Å². The molecule has 18 heavy (non-hydrogen) atoms. The number of hydrogen-bond donors (Lipinski definition) is 1. The summed E-state index contributed by atoms with van der Waals surface area (Å²) in [5.74, 6) is -0.377. The Morgan fingerprint density at radius 2 is 2.22 bits per heavy atom. The molecular formula is C12H10N2O3S. The van der Waals surface area contributed by atoms with Crippen molar-refractivity contribution in [2.45, 2.75) is 9.92 Å². The Morgan fingerprint density at radius 1 is 1.39 bits per heavy atom. The highest BCUT2D eigenvalue weighted by molar-refractivity contribution is 7.99. The molecule has 6 heteroatoms. The SMILES string of the molecule is COC(=O)c1nccc(Sc2cccc(O)c2)n1. The van der Waals surface area contributed by atoms with Crippen molar-refractivity contribution in [1.82, 2.24) is 9.97 Å². The topological polar surface area (TPSA) is 72.3 Å². The van der Waals surface area contributed by atoms with Crippen LogP contribution in [0.25, 0.3) is 0 Å². The van der Waals surface area contributed by atoms with Gasteiger partial charge in [-0.25, -0.2) is 14.8 Å². The highest BCUT2D eigenvalue weighted by Crippen LogP contribution is 2.27. The monoisotopic (exact) mass is 262 g/mol. The average Bonchev–Trinajstić information content (AvgIpc) is 2.38. The van der Waals surface area contributed by atoms with Gasteiger partial charge < -0.3 is 9.84 Å². The zero-order valence-electron chi connectivity index (χ0n) is 9.53. The van der Waals surface area contributed by atoms with Crippen LogP contribution < -0.4 is 0 Å². The van der Waals surface area contributed by atoms with Gasteiger partial charge in [-0.15, -0.1) is 0 Å². The summed E-state index contributed by atoms with van der Waals surface area (Å²) < 4.78 is 4.55. The number of nitrogens with zero attached hydrogens (tertiary/aromatic N) is 2. The number of phenolic OH excluding ortho intramolecular Hbond substituents is 1. The number of benzene rings is 1. The Morgan fingerprint density at radius 3 is 2.94 bits per heavy atom. The van der Waals surface area contributed by atoms with E-state index >= 15 is 0 Å². The summed E-state index contributed by atoms with van der Waals surface area (Å²) in [5, 5.41) is 9.96. The lowest BCUT2D eigenvalue weighted by atomic mass is 10.3. The molecule has 0 spiro atoms. The smallest absolute Gasteiger partial charge is 0.376 e. The van der Waals surface area contributed by atoms with Crippen LogP contribution in [0.3, 0.4) is 0 Å². The maximum absolute atomic E-state index is 11.3. The molecule has 92 valence electrons. The van der Waals surface area contributed by atoms with Crippen LogP contribution in [0.2, 0.25) is 0 Å². The van der Waals surface area contributed by atoms with Gasteiger partial charge in [-0.3, -0.25) is 0 Å². The predicted molar refractivity (Wildman–Crippen MR) is 65.6 cm³/mol. The standard InChI is InChI=1S/C12H10N2O3S/c1-17-12(16)11-13-6-5-10(14-11)18-9-4-2-3-8(15)7-9/h2-7,15H,1H3. The lowest BCUT2D eigenvalue weighted by Gasteiger charge is -2.02. The molecule has 2 aromatic rings. The molecule has 0 unspecified atom stereocenters. The van der Waals surface area contributed by atoms with E-state index in [1.807, 2.05) is 6.07 Å². The zero-order chi connectivity index (χ0) is 13.0. The van der Waals surface area contributed by atoms with Gasteiger partial charge in [0.1, 0.15) is 10.8 Å². The molecule has 0 saturated heterocycles. The second kappa shape index (κ2) is 5.50. The van der Waals surface area contributed by atoms with Gasteiger partial charge in [-0.2, -0.15) is 0 Å². The largest absolute Gasteiger partial charge is 0.508 e. The average molecular weight is 262 g/mol. The summed E-state index contributed by atoms with van der Waals surface area (Å²) >= 11 is 1.32. The van der Waals surface area contributed by atoms with Crippen molar-refractivity contribution in [3.63, 3.8) is 0 Å². The number of phenols is 1. The minimum Gasteiger partial charge on any atom is -0.508 e. The first-order valence-corrected chi connectivity index (χ1v) is 5.89. The van der Waals surface area contributed by atoms with Gasteiger partial charge in [0.15, 0.2) is 0 Å². The molecule has 1 aromatic heterocycles. The molecule has 0 radical (unpaired) electrons. The summed E-state index contributed by atoms with van der Waals surface area (Å²) in [6.07, 6.45) is 1.49. The number of aromatic hydroxyl groups is 1. The molecule has 0 aliphatic heterocycles. The molecular weight excluding hydrogens is 252 g/mol. The number of rotatable bonds is 3. The predicted octanol–water partition coefficient (Wildman–Crippen LogP) is 2.12. The first-order valence-electron chi connectivity index (χ1n) is 5.07. The quantitative estimate of drug-likeness (QED) is 0.674. The zero-order valence-corrected chi connectivity index (χ0v) is 10.3. The first-order chi connectivity index (χ1) is 8.69. The summed E-state index contributed by atoms with van der Waals surface area (Å²) in [4.78, 5) is 20.0. The third-order valence-corrected chi connectivity index (χ3v) is 2.96. The maximum Gasteiger partial charge on any atom is 0.376 e. The highest BCUT2D eigenvalue weighted by Gasteiger charge is 2.10. The summed E-state index contributed by atoms with van der Waals surface area (Å²) in [7, 11) is 1.28. The lowest BCUT2D eigenvalue weighted by molar-refractivity contribution is 0.0585. The molecule has 5 nitrogen and oxygen atoms in total. The van der Waals surface area contributed by atoms with E-state index in [4.69, 9.17) is 0 Å². The second-order valence-electron chi connectivity index (χ2n) is 3.31. The van der Waals surface area contributed by atoms with Crippen LogP contribution in [0, 0.1) is 0 Å². The van der Waals surface area contributed by atoms with E-state index in [2.05, 4.69) is 14.7 Å². The Kier molecular flexibility index (Phi) is 3.78. The van der Waals surface area contributed by atoms with Crippen molar-refractivity contribution < 1.29 is 14.6 Å². The van der Waals surface area contributed by atoms with Crippen LogP contribution in [-0.2, 0) is 4.74 Å². The number of carbonyl (C=O) groups is 1. The number of methoxy groups -OCH3 is 1. The number of ether oxygens (including phenoxy) is 1. The fourth-order valence-electron chi connectivity index (χ4n) is 1.26. The molecule has 1 heterocycles. The number of hydrogen-bond acceptors (Lipinski definition) is 6. The third kappa shape index (κ3) is 2.98. The summed E-state index contributed by atoms with van der Waals surface area (Å²) in [6.45, 7) is 0. The molecule has 0 atom stereocenters. The molecule has 0 saturated carbocycles. The van der Waals surface area contributed by atoms with E-state index in [1.54, 1.807) is 24.3 Å². The van der Waals surface area contributed by atoms with Crippen LogP contribution in [0.1, 0.15) is 10.6 Å². The van der Waals surface area contributed by atoms with Crippen molar-refractivity contribution in [3.8, 4) is 5.75 Å². The molecule has 2 rings (SSSR count). The fourth-order valence-corrected chi connectivity index (χ4v) is 2.09. The van der Waals surface area contributed by atoms with Crippen molar-refractivity contribution in [1.29, 1.82) is 0 Å². The Labute approximate surface area is 108 Å². The van der Waals surface area contributed by atoms with Gasteiger partial charge in [0.2, 0.25) is 5.82 Å². The molecule has 0 fully saturated rings. The fraction of sp³-hybridized carbons (Fsp3) is 0.0833. The van der Waals surface area contributed by atoms with Crippen LogP contribution >= 0.6 is 11.8 Å². The van der Waals surface area contributed by atoms with Crippen LogP contribution in [0.5, 0.6) is 5.75 Å². The number of aromatic nitrogens is 2. The molecule has 0 amide bonds. The molecule has 1 N–H and O–H groups in total. The van der Waals surface area contributed by atoms with Gasteiger partial charge in [0.25, 0.3) is 0 Å². The van der Waals surface area contributed by atoms with Crippen molar-refractivity contribution in [2.24, 2.45) is 0 Å². The van der Waals surface area contributed by atoms with E-state index in [1.165, 1.54) is 25.1 Å². The van der Waals surface area contributed by atoms with E-state index < -0.39 is 5.97 Å². The Hall–Kier alpha value is -2.08. The van der Waals surface area contributed by atoms with E-state index in [-0.39, 0.29) is 11.6 Å². The molecule has 0 bridgehead atoms. The summed E-state index contributed by atoms with van der Waals surface area (Å²) in [5.41, 5.74) is 0. The Bertz CT molecular complexity index is 575. The van der Waals surface area contributed by atoms with Gasteiger partial charge in [-0.1, -0.05) is 17.8 Å². The van der Waals surface area contributed by atoms with Gasteiger partial charge >= 0.3 is 5.97 Å². The minimum atomic E-state index is -0.576. The highest BCUT2D eigenvalue weighted by atomic mass is 32.2. The van der Waals surface area contributed by atoms with Crippen molar-refractivity contribution in [2.75, 3.05) is 7.11 Å². The molecule has 0 aliphatic rings. The maximum atomic E-state index is 11.3. The van der Waals surface area contributed by atoms with Crippen LogP contribution in [0.15, 0.2) is 46.5 Å². The minimum absolute atomic E-state index is 0.0163. The van der Waals surface area contributed by atoms with E-state index in [0.29, 0.717) is 5.03 Å². The Balaban J connectivity index is 2.22. The van der Waals surface area contributed by atoms with Crippen molar-refractivity contribution >= 4 is 17.7 Å². The third-order valence-electron chi connectivity index (χ3n) is 2.04. The van der Waals surface area contributed by atoms with Gasteiger partial charge in [0.05, 0.1) is 7.11 Å². The molecule has 0 aliphatic carbocycles. The van der Waals surface area contributed by atoms with E-state index in [9.17, 15) is 9.90 Å². The van der Waals surface area contributed by atoms with Gasteiger partial charge in [0, 0.05) is 11.1 Å².